The largest absolute Gasteiger partial charge is 0.507 e. The van der Waals surface area contributed by atoms with E-state index in [0.29, 0.717) is 36.0 Å². The van der Waals surface area contributed by atoms with Crippen LogP contribution in [0.5, 0.6) is 5.75 Å². The van der Waals surface area contributed by atoms with Gasteiger partial charge in [-0.05, 0) is 56.0 Å². The van der Waals surface area contributed by atoms with Crippen LogP contribution in [0.2, 0.25) is 5.02 Å². The van der Waals surface area contributed by atoms with Gasteiger partial charge in [-0.1, -0.05) is 31.5 Å². The van der Waals surface area contributed by atoms with E-state index in [2.05, 4.69) is 0 Å². The molecule has 0 unspecified atom stereocenters. The highest BCUT2D eigenvalue weighted by Gasteiger charge is 2.54. The molecule has 2 heterocycles. The molecular formula is C26H26ClF2NO4. The minimum atomic E-state index is -1.42. The van der Waals surface area contributed by atoms with E-state index in [4.69, 9.17) is 16.3 Å². The number of fused-ring (bicyclic) bond motifs is 4. The fraction of sp³-hybridized carbons (Fsp3) is 0.423. The summed E-state index contributed by atoms with van der Waals surface area (Å²) in [4.78, 5) is 11.9. The van der Waals surface area contributed by atoms with Gasteiger partial charge in [-0.2, -0.15) is 0 Å². The molecule has 3 aromatic rings. The first-order chi connectivity index (χ1) is 16.1. The van der Waals surface area contributed by atoms with Gasteiger partial charge in [-0.25, -0.2) is 8.78 Å². The third-order valence-corrected chi connectivity index (χ3v) is 7.95. The normalized spacial score (nSPS) is 26.0. The number of rotatable bonds is 3. The maximum Gasteiger partial charge on any atom is 0.312 e. The van der Waals surface area contributed by atoms with Crippen molar-refractivity contribution in [2.75, 3.05) is 13.3 Å². The number of carboxylic acid groups (broad SMARTS) is 1. The Hall–Kier alpha value is -2.64. The molecule has 1 aliphatic heterocycles. The minimum Gasteiger partial charge on any atom is -0.507 e. The summed E-state index contributed by atoms with van der Waals surface area (Å²) >= 11 is 6.13. The molecule has 180 valence electrons. The summed E-state index contributed by atoms with van der Waals surface area (Å²) in [7, 11) is 0. The molecule has 1 fully saturated rings. The first kappa shape index (κ1) is 23.1. The van der Waals surface area contributed by atoms with Gasteiger partial charge in [-0.15, -0.1) is 0 Å². The lowest BCUT2D eigenvalue weighted by atomic mass is 9.64. The van der Waals surface area contributed by atoms with Crippen LogP contribution in [0.4, 0.5) is 8.78 Å². The number of aromatic nitrogens is 1. The first-order valence-electron chi connectivity index (χ1n) is 11.3. The summed E-state index contributed by atoms with van der Waals surface area (Å²) < 4.78 is 36.3. The lowest BCUT2D eigenvalue weighted by molar-refractivity contribution is -0.163. The summed E-state index contributed by atoms with van der Waals surface area (Å²) in [6.45, 7) is 3.48. The molecule has 1 spiro atoms. The molecule has 2 aliphatic rings. The molecule has 1 aliphatic carbocycles. The molecule has 2 aromatic carbocycles. The van der Waals surface area contributed by atoms with Crippen molar-refractivity contribution in [1.82, 2.24) is 4.57 Å². The van der Waals surface area contributed by atoms with Gasteiger partial charge < -0.3 is 19.5 Å². The van der Waals surface area contributed by atoms with Crippen molar-refractivity contribution in [3.63, 3.8) is 0 Å². The van der Waals surface area contributed by atoms with Crippen molar-refractivity contribution in [2.24, 2.45) is 5.41 Å². The fourth-order valence-corrected chi connectivity index (χ4v) is 5.86. The second kappa shape index (κ2) is 7.68. The maximum absolute atomic E-state index is 14.0. The van der Waals surface area contributed by atoms with Gasteiger partial charge in [-0.3, -0.25) is 4.79 Å². The van der Waals surface area contributed by atoms with E-state index in [9.17, 15) is 23.8 Å². The molecule has 1 saturated carbocycles. The number of aliphatic carboxylic acids is 1. The molecule has 0 saturated heterocycles. The zero-order valence-electron chi connectivity index (χ0n) is 19.0. The van der Waals surface area contributed by atoms with Gasteiger partial charge in [0.15, 0.2) is 0 Å². The quantitative estimate of drug-likeness (QED) is 0.456. The van der Waals surface area contributed by atoms with Crippen LogP contribution >= 0.6 is 11.6 Å². The Kier molecular flexibility index (Phi) is 5.22. The molecule has 0 radical (unpaired) electrons. The number of carboxylic acids is 1. The number of phenolic OH excluding ortho intramolecular Hbond substituents is 1. The number of nitrogens with zero attached hydrogens (tertiary/aromatic N) is 1. The maximum atomic E-state index is 14.0. The van der Waals surface area contributed by atoms with Crippen molar-refractivity contribution in [3.05, 3.63) is 58.5 Å². The van der Waals surface area contributed by atoms with Gasteiger partial charge in [0.2, 0.25) is 0 Å². The van der Waals surface area contributed by atoms with Crippen molar-refractivity contribution in [2.45, 2.75) is 50.5 Å². The zero-order chi connectivity index (χ0) is 24.5. The number of carbonyl (C=O) groups is 1. The van der Waals surface area contributed by atoms with Gasteiger partial charge in [0.25, 0.3) is 0 Å². The molecule has 2 N–H and O–H groups in total. The lowest BCUT2D eigenvalue weighted by Gasteiger charge is -2.49. The molecule has 34 heavy (non-hydrogen) atoms. The average molecular weight is 490 g/mol. The second-order valence-electron chi connectivity index (χ2n) is 10.2. The highest BCUT2D eigenvalue weighted by molar-refractivity contribution is 6.30. The molecular weight excluding hydrogens is 464 g/mol. The highest BCUT2D eigenvalue weighted by Crippen LogP contribution is 2.57. The Morgan fingerprint density at radius 1 is 1.18 bits per heavy atom. The number of hydrogen-bond donors (Lipinski definition) is 2. The van der Waals surface area contributed by atoms with Gasteiger partial charge in [0.05, 0.1) is 28.2 Å². The number of halogens is 3. The van der Waals surface area contributed by atoms with Gasteiger partial charge >= 0.3 is 5.97 Å². The van der Waals surface area contributed by atoms with Crippen LogP contribution in [-0.2, 0) is 20.5 Å². The Labute approximate surface area is 200 Å². The molecule has 0 bridgehead atoms. The van der Waals surface area contributed by atoms with Crippen molar-refractivity contribution in [1.29, 1.82) is 0 Å². The SMILES string of the molecule is CC1(C)CO[C@]2(CC[C@@](CF)(C(=O)O)CC2)c2c1n(-c1ccc(F)c(Cl)c1)c1cccc(O)c12. The van der Waals surface area contributed by atoms with Crippen molar-refractivity contribution >= 4 is 28.5 Å². The van der Waals surface area contributed by atoms with Crippen LogP contribution < -0.4 is 0 Å². The third kappa shape index (κ3) is 3.17. The van der Waals surface area contributed by atoms with Crippen molar-refractivity contribution in [3.8, 4) is 11.4 Å². The summed E-state index contributed by atoms with van der Waals surface area (Å²) in [5.74, 6) is -1.59. The summed E-state index contributed by atoms with van der Waals surface area (Å²) in [5, 5.41) is 21.3. The standard InChI is InChI=1S/C26H26ClF2NO4/c1-24(2)14-34-26(10-8-25(13-28,9-11-26)23(32)33)21-20-18(4-3-5-19(20)31)30(22(21)24)15-6-7-17(29)16(27)12-15/h3-7,12,31H,8-11,13-14H2,1-2H3,(H,32,33)/t25-,26+. The topological polar surface area (TPSA) is 71.7 Å². The fourth-order valence-electron chi connectivity index (χ4n) is 5.69. The highest BCUT2D eigenvalue weighted by atomic mass is 35.5. The van der Waals surface area contributed by atoms with E-state index in [1.165, 1.54) is 6.07 Å². The number of benzene rings is 2. The second-order valence-corrected chi connectivity index (χ2v) is 10.6. The molecule has 5 nitrogen and oxygen atoms in total. The Morgan fingerprint density at radius 3 is 2.50 bits per heavy atom. The Balaban J connectivity index is 1.80. The third-order valence-electron chi connectivity index (χ3n) is 7.66. The molecule has 5 rings (SSSR count). The van der Waals surface area contributed by atoms with E-state index in [0.717, 1.165) is 11.3 Å². The monoisotopic (exact) mass is 489 g/mol. The van der Waals surface area contributed by atoms with Gasteiger partial charge in [0.1, 0.15) is 18.2 Å². The number of hydrogen-bond acceptors (Lipinski definition) is 3. The molecule has 1 aromatic heterocycles. The summed E-state index contributed by atoms with van der Waals surface area (Å²) in [6, 6.07) is 9.72. The number of alkyl halides is 1. The summed E-state index contributed by atoms with van der Waals surface area (Å²) in [6.07, 6.45) is 0.872. The summed E-state index contributed by atoms with van der Waals surface area (Å²) in [5.41, 5.74) is 0.252. The van der Waals surface area contributed by atoms with Crippen LogP contribution in [0.15, 0.2) is 36.4 Å². The number of phenols is 1. The zero-order valence-corrected chi connectivity index (χ0v) is 19.8. The van der Waals surface area contributed by atoms with E-state index in [1.807, 2.05) is 24.5 Å². The Morgan fingerprint density at radius 2 is 1.88 bits per heavy atom. The van der Waals surface area contributed by atoms with E-state index >= 15 is 0 Å². The van der Waals surface area contributed by atoms with Crippen LogP contribution in [0.25, 0.3) is 16.6 Å². The van der Waals surface area contributed by atoms with Crippen LogP contribution in [0, 0.1) is 11.2 Å². The predicted octanol–water partition coefficient (Wildman–Crippen LogP) is 6.25. The minimum absolute atomic E-state index is 0.0142. The predicted molar refractivity (Wildman–Crippen MR) is 125 cm³/mol. The van der Waals surface area contributed by atoms with Crippen LogP contribution in [-0.4, -0.2) is 34.0 Å². The molecule has 0 amide bonds. The van der Waals surface area contributed by atoms with E-state index in [-0.39, 0.29) is 23.6 Å². The van der Waals surface area contributed by atoms with Crippen molar-refractivity contribution < 1.29 is 28.5 Å². The Bertz CT molecular complexity index is 1310. The van der Waals surface area contributed by atoms with Crippen LogP contribution in [0.1, 0.15) is 50.8 Å². The first-order valence-corrected chi connectivity index (χ1v) is 11.7. The molecule has 8 heteroatoms. The average Bonchev–Trinajstić information content (AvgIpc) is 3.18. The van der Waals surface area contributed by atoms with E-state index < -0.39 is 34.9 Å². The lowest BCUT2D eigenvalue weighted by Crippen LogP contribution is -2.49. The van der Waals surface area contributed by atoms with E-state index in [1.54, 1.807) is 24.3 Å². The van der Waals surface area contributed by atoms with Crippen LogP contribution in [0.3, 0.4) is 0 Å². The van der Waals surface area contributed by atoms with Gasteiger partial charge in [0, 0.05) is 27.7 Å². The number of aromatic hydroxyl groups is 1. The smallest absolute Gasteiger partial charge is 0.312 e. The number of ether oxygens (including phenoxy) is 1. The molecule has 0 atom stereocenters.